The van der Waals surface area contributed by atoms with Crippen LogP contribution < -0.4 is 11.1 Å². The number of benzene rings is 1. The molecule has 0 aliphatic carbocycles. The molecule has 0 unspecified atom stereocenters. The fraction of sp³-hybridized carbons (Fsp3) is 0.417. The molecule has 0 aliphatic heterocycles. The average Bonchev–Trinajstić information content (AvgIpc) is 2.26. The van der Waals surface area contributed by atoms with Gasteiger partial charge in [0.2, 0.25) is 0 Å². The Kier molecular flexibility index (Phi) is 4.37. The molecule has 0 spiro atoms. The van der Waals surface area contributed by atoms with E-state index in [1.54, 1.807) is 25.3 Å². The van der Waals surface area contributed by atoms with Crippen molar-refractivity contribution in [3.05, 3.63) is 28.8 Å². The Morgan fingerprint density at radius 1 is 1.53 bits per heavy atom. The largest absolute Gasteiger partial charge is 0.399 e. The molecule has 4 nitrogen and oxygen atoms in total. The summed E-state index contributed by atoms with van der Waals surface area (Å²) in [6.45, 7) is 4.18. The second-order valence-corrected chi connectivity index (χ2v) is 4.79. The summed E-state index contributed by atoms with van der Waals surface area (Å²) in [6.07, 6.45) is 0. The maximum atomic E-state index is 11.8. The van der Waals surface area contributed by atoms with Gasteiger partial charge in [-0.3, -0.25) is 4.79 Å². The van der Waals surface area contributed by atoms with Crippen molar-refractivity contribution in [1.29, 1.82) is 0 Å². The highest BCUT2D eigenvalue weighted by Crippen LogP contribution is 2.19. The van der Waals surface area contributed by atoms with E-state index in [0.29, 0.717) is 22.8 Å². The second-order valence-electron chi connectivity index (χ2n) is 4.39. The molecule has 3 N–H and O–H groups in total. The number of hydrogen-bond donors (Lipinski definition) is 2. The third kappa shape index (κ3) is 3.91. The van der Waals surface area contributed by atoms with Crippen LogP contribution in [-0.2, 0) is 4.74 Å². The SMILES string of the molecule is COC(C)(C)CNC(=O)c1ccc(N)cc1Cl. The number of nitrogens with one attached hydrogen (secondary N) is 1. The number of anilines is 1. The van der Waals surface area contributed by atoms with E-state index in [9.17, 15) is 4.79 Å². The quantitative estimate of drug-likeness (QED) is 0.811. The fourth-order valence-corrected chi connectivity index (χ4v) is 1.45. The zero-order valence-electron chi connectivity index (χ0n) is 10.2. The van der Waals surface area contributed by atoms with Crippen molar-refractivity contribution in [2.24, 2.45) is 0 Å². The number of carbonyl (C=O) groups excluding carboxylic acids is 1. The van der Waals surface area contributed by atoms with Crippen LogP contribution in [-0.4, -0.2) is 25.2 Å². The van der Waals surface area contributed by atoms with Crippen LogP contribution in [0.5, 0.6) is 0 Å². The van der Waals surface area contributed by atoms with E-state index in [0.717, 1.165) is 0 Å². The van der Waals surface area contributed by atoms with Gasteiger partial charge in [-0.05, 0) is 32.0 Å². The van der Waals surface area contributed by atoms with E-state index in [2.05, 4.69) is 5.32 Å². The van der Waals surface area contributed by atoms with Crippen LogP contribution >= 0.6 is 11.6 Å². The van der Waals surface area contributed by atoms with Gasteiger partial charge in [-0.1, -0.05) is 11.6 Å². The lowest BCUT2D eigenvalue weighted by molar-refractivity contribution is 0.0229. The molecular formula is C12H17ClN2O2. The Morgan fingerprint density at radius 3 is 2.71 bits per heavy atom. The number of halogens is 1. The first-order valence-electron chi connectivity index (χ1n) is 5.24. The van der Waals surface area contributed by atoms with Crippen molar-refractivity contribution in [3.8, 4) is 0 Å². The summed E-state index contributed by atoms with van der Waals surface area (Å²) in [5.74, 6) is -0.236. The van der Waals surface area contributed by atoms with Gasteiger partial charge in [-0.15, -0.1) is 0 Å². The Morgan fingerprint density at radius 2 is 2.18 bits per heavy atom. The summed E-state index contributed by atoms with van der Waals surface area (Å²) in [4.78, 5) is 11.8. The molecule has 0 saturated carbocycles. The van der Waals surface area contributed by atoms with Crippen molar-refractivity contribution < 1.29 is 9.53 Å². The Balaban J connectivity index is 2.71. The Labute approximate surface area is 106 Å². The Hall–Kier alpha value is -1.26. The van der Waals surface area contributed by atoms with E-state index in [1.807, 2.05) is 13.8 Å². The summed E-state index contributed by atoms with van der Waals surface area (Å²) < 4.78 is 5.21. The van der Waals surface area contributed by atoms with Crippen molar-refractivity contribution in [2.45, 2.75) is 19.4 Å². The number of rotatable bonds is 4. The number of nitrogen functional groups attached to an aromatic ring is 1. The average molecular weight is 257 g/mol. The molecule has 0 aromatic heterocycles. The number of ether oxygens (including phenoxy) is 1. The minimum absolute atomic E-state index is 0.236. The molecule has 1 amide bonds. The minimum Gasteiger partial charge on any atom is -0.399 e. The van der Waals surface area contributed by atoms with E-state index < -0.39 is 5.60 Å². The zero-order valence-corrected chi connectivity index (χ0v) is 11.0. The molecule has 0 aliphatic rings. The van der Waals surface area contributed by atoms with Crippen molar-refractivity contribution >= 4 is 23.2 Å². The predicted octanol–water partition coefficient (Wildman–Crippen LogP) is 2.08. The van der Waals surface area contributed by atoms with Crippen molar-refractivity contribution in [3.63, 3.8) is 0 Å². The van der Waals surface area contributed by atoms with Gasteiger partial charge >= 0.3 is 0 Å². The van der Waals surface area contributed by atoms with Gasteiger partial charge in [0.05, 0.1) is 16.2 Å². The summed E-state index contributed by atoms with van der Waals surface area (Å²) in [6, 6.07) is 4.80. The van der Waals surface area contributed by atoms with E-state index in [-0.39, 0.29) is 5.91 Å². The summed E-state index contributed by atoms with van der Waals surface area (Å²) in [7, 11) is 1.60. The molecule has 0 radical (unpaired) electrons. The van der Waals surface area contributed by atoms with Gasteiger partial charge in [-0.2, -0.15) is 0 Å². The van der Waals surface area contributed by atoms with E-state index in [1.165, 1.54) is 0 Å². The molecule has 1 rings (SSSR count). The summed E-state index contributed by atoms with van der Waals surface area (Å²) in [5.41, 5.74) is 6.09. The molecule has 1 aromatic carbocycles. The number of carbonyl (C=O) groups is 1. The van der Waals surface area contributed by atoms with Crippen LogP contribution in [0.3, 0.4) is 0 Å². The van der Waals surface area contributed by atoms with Crippen LogP contribution in [0.1, 0.15) is 24.2 Å². The van der Waals surface area contributed by atoms with Gasteiger partial charge in [0.15, 0.2) is 0 Å². The highest BCUT2D eigenvalue weighted by molar-refractivity contribution is 6.34. The van der Waals surface area contributed by atoms with Crippen LogP contribution in [0.2, 0.25) is 5.02 Å². The first kappa shape index (κ1) is 13.8. The molecule has 0 atom stereocenters. The highest BCUT2D eigenvalue weighted by Gasteiger charge is 2.18. The Bertz CT molecular complexity index is 419. The lowest BCUT2D eigenvalue weighted by Crippen LogP contribution is -2.39. The van der Waals surface area contributed by atoms with Crippen LogP contribution in [0.15, 0.2) is 18.2 Å². The standard InChI is InChI=1S/C12H17ClN2O2/c1-12(2,17-3)7-15-11(16)9-5-4-8(14)6-10(9)13/h4-6H,7,14H2,1-3H3,(H,15,16). The smallest absolute Gasteiger partial charge is 0.252 e. The molecule has 17 heavy (non-hydrogen) atoms. The van der Waals surface area contributed by atoms with Crippen LogP contribution in [0.4, 0.5) is 5.69 Å². The van der Waals surface area contributed by atoms with Crippen LogP contribution in [0, 0.1) is 0 Å². The zero-order chi connectivity index (χ0) is 13.1. The van der Waals surface area contributed by atoms with Crippen LogP contribution in [0.25, 0.3) is 0 Å². The molecule has 0 bridgehead atoms. The maximum absolute atomic E-state index is 11.8. The second kappa shape index (κ2) is 5.38. The number of amides is 1. The third-order valence-corrected chi connectivity index (χ3v) is 2.78. The summed E-state index contributed by atoms with van der Waals surface area (Å²) >= 11 is 5.94. The minimum atomic E-state index is -0.407. The van der Waals surface area contributed by atoms with E-state index in [4.69, 9.17) is 22.1 Å². The lowest BCUT2D eigenvalue weighted by atomic mass is 10.1. The number of nitrogens with two attached hydrogens (primary N) is 1. The lowest BCUT2D eigenvalue weighted by Gasteiger charge is -2.23. The number of hydrogen-bond acceptors (Lipinski definition) is 3. The van der Waals surface area contributed by atoms with Crippen molar-refractivity contribution in [2.75, 3.05) is 19.4 Å². The fourth-order valence-electron chi connectivity index (χ4n) is 1.18. The summed E-state index contributed by atoms with van der Waals surface area (Å²) in [5, 5.41) is 3.11. The van der Waals surface area contributed by atoms with Gasteiger partial charge in [0.1, 0.15) is 0 Å². The highest BCUT2D eigenvalue weighted by atomic mass is 35.5. The van der Waals surface area contributed by atoms with E-state index >= 15 is 0 Å². The predicted molar refractivity (Wildman–Crippen MR) is 69.3 cm³/mol. The molecular weight excluding hydrogens is 240 g/mol. The van der Waals surface area contributed by atoms with Crippen molar-refractivity contribution in [1.82, 2.24) is 5.32 Å². The maximum Gasteiger partial charge on any atom is 0.252 e. The first-order chi connectivity index (χ1) is 7.85. The normalized spacial score (nSPS) is 11.3. The third-order valence-electron chi connectivity index (χ3n) is 2.47. The van der Waals surface area contributed by atoms with Gasteiger partial charge in [0.25, 0.3) is 5.91 Å². The van der Waals surface area contributed by atoms with Gasteiger partial charge in [-0.25, -0.2) is 0 Å². The molecule has 94 valence electrons. The molecule has 0 fully saturated rings. The number of methoxy groups -OCH3 is 1. The van der Waals surface area contributed by atoms with Gasteiger partial charge in [0, 0.05) is 19.3 Å². The molecule has 1 aromatic rings. The molecule has 5 heteroatoms. The van der Waals surface area contributed by atoms with Gasteiger partial charge < -0.3 is 15.8 Å². The topological polar surface area (TPSA) is 64.3 Å². The monoisotopic (exact) mass is 256 g/mol. The first-order valence-corrected chi connectivity index (χ1v) is 5.62. The molecule has 0 saturated heterocycles. The molecule has 0 heterocycles.